The van der Waals surface area contributed by atoms with Crippen molar-refractivity contribution in [3.63, 3.8) is 0 Å². The number of carbonyl (C=O) groups is 1. The predicted molar refractivity (Wildman–Crippen MR) is 92.9 cm³/mol. The molecule has 6 heteroatoms. The first-order valence-electron chi connectivity index (χ1n) is 8.22. The lowest BCUT2D eigenvalue weighted by atomic mass is 10.1. The van der Waals surface area contributed by atoms with Gasteiger partial charge in [-0.1, -0.05) is 18.2 Å². The van der Waals surface area contributed by atoms with E-state index in [-0.39, 0.29) is 30.5 Å². The topological polar surface area (TPSA) is 70.6 Å². The minimum atomic E-state index is -0.306. The van der Waals surface area contributed by atoms with Gasteiger partial charge in [-0.3, -0.25) is 0 Å². The van der Waals surface area contributed by atoms with Gasteiger partial charge in [-0.2, -0.15) is 0 Å². The standard InChI is InChI=1S/C19H21FN2O3/c20-17-4-2-1-3-14(17)11-25-16-7-5-15(6-8-16)22-18(24)21-12-19(13-23)9-10-19/h1-8,23H,9-13H2,(H2,21,22,24). The van der Waals surface area contributed by atoms with Crippen LogP contribution in [-0.2, 0) is 6.61 Å². The van der Waals surface area contributed by atoms with Gasteiger partial charge in [0.1, 0.15) is 18.2 Å². The molecule has 1 saturated carbocycles. The Kier molecular flexibility index (Phi) is 5.19. The zero-order valence-corrected chi connectivity index (χ0v) is 13.8. The number of hydrogen-bond acceptors (Lipinski definition) is 3. The first-order valence-corrected chi connectivity index (χ1v) is 8.22. The van der Waals surface area contributed by atoms with Gasteiger partial charge in [-0.25, -0.2) is 9.18 Å². The van der Waals surface area contributed by atoms with Crippen LogP contribution in [0.5, 0.6) is 5.75 Å². The fraction of sp³-hybridized carbons (Fsp3) is 0.316. The number of carbonyl (C=O) groups excluding carboxylic acids is 1. The van der Waals surface area contributed by atoms with Gasteiger partial charge in [0.05, 0.1) is 6.61 Å². The van der Waals surface area contributed by atoms with Crippen LogP contribution in [0.25, 0.3) is 0 Å². The second-order valence-electron chi connectivity index (χ2n) is 6.37. The fourth-order valence-electron chi connectivity index (χ4n) is 2.42. The molecule has 0 unspecified atom stereocenters. The van der Waals surface area contributed by atoms with E-state index in [1.807, 2.05) is 0 Å². The zero-order chi connectivity index (χ0) is 17.7. The molecule has 25 heavy (non-hydrogen) atoms. The third-order valence-electron chi connectivity index (χ3n) is 4.38. The highest BCUT2D eigenvalue weighted by molar-refractivity contribution is 5.89. The third-order valence-corrected chi connectivity index (χ3v) is 4.38. The van der Waals surface area contributed by atoms with Crippen LogP contribution in [0.15, 0.2) is 48.5 Å². The first-order chi connectivity index (χ1) is 12.1. The van der Waals surface area contributed by atoms with E-state index in [0.29, 0.717) is 23.5 Å². The second kappa shape index (κ2) is 7.53. The molecule has 0 heterocycles. The zero-order valence-electron chi connectivity index (χ0n) is 13.8. The Balaban J connectivity index is 1.47. The van der Waals surface area contributed by atoms with Gasteiger partial charge in [-0.05, 0) is 43.2 Å². The summed E-state index contributed by atoms with van der Waals surface area (Å²) in [6, 6.07) is 13.0. The number of hydrogen-bond donors (Lipinski definition) is 3. The van der Waals surface area contributed by atoms with Gasteiger partial charge in [0.15, 0.2) is 0 Å². The number of halogens is 1. The van der Waals surface area contributed by atoms with Crippen molar-refractivity contribution in [1.29, 1.82) is 0 Å². The molecule has 0 atom stereocenters. The molecule has 0 radical (unpaired) electrons. The van der Waals surface area contributed by atoms with Crippen molar-refractivity contribution >= 4 is 11.7 Å². The highest BCUT2D eigenvalue weighted by Crippen LogP contribution is 2.44. The van der Waals surface area contributed by atoms with E-state index in [0.717, 1.165) is 12.8 Å². The van der Waals surface area contributed by atoms with Crippen molar-refractivity contribution in [1.82, 2.24) is 5.32 Å². The summed E-state index contributed by atoms with van der Waals surface area (Å²) in [5.41, 5.74) is 0.994. The maximum atomic E-state index is 13.5. The smallest absolute Gasteiger partial charge is 0.319 e. The Morgan fingerprint density at radius 2 is 1.88 bits per heavy atom. The molecule has 1 aliphatic carbocycles. The molecule has 5 nitrogen and oxygen atoms in total. The van der Waals surface area contributed by atoms with E-state index in [9.17, 15) is 14.3 Å². The van der Waals surface area contributed by atoms with Gasteiger partial charge < -0.3 is 20.5 Å². The van der Waals surface area contributed by atoms with Crippen LogP contribution < -0.4 is 15.4 Å². The summed E-state index contributed by atoms with van der Waals surface area (Å²) in [5.74, 6) is 0.292. The average Bonchev–Trinajstić information content (AvgIpc) is 3.41. The molecule has 1 aliphatic rings. The number of benzene rings is 2. The molecule has 132 valence electrons. The Hall–Kier alpha value is -2.60. The SMILES string of the molecule is O=C(NCC1(CO)CC1)Nc1ccc(OCc2ccccc2F)cc1. The Labute approximate surface area is 145 Å². The lowest BCUT2D eigenvalue weighted by Gasteiger charge is -2.13. The lowest BCUT2D eigenvalue weighted by molar-refractivity contribution is 0.206. The van der Waals surface area contributed by atoms with Crippen molar-refractivity contribution in [2.75, 3.05) is 18.5 Å². The number of anilines is 1. The monoisotopic (exact) mass is 344 g/mol. The Bertz CT molecular complexity index is 730. The van der Waals surface area contributed by atoms with E-state index in [2.05, 4.69) is 10.6 Å². The van der Waals surface area contributed by atoms with Crippen LogP contribution in [0.3, 0.4) is 0 Å². The van der Waals surface area contributed by atoms with Crippen molar-refractivity contribution < 1.29 is 19.0 Å². The number of amides is 2. The fourth-order valence-corrected chi connectivity index (χ4v) is 2.42. The van der Waals surface area contributed by atoms with Crippen LogP contribution in [0.1, 0.15) is 18.4 Å². The van der Waals surface area contributed by atoms with Gasteiger partial charge in [-0.15, -0.1) is 0 Å². The summed E-state index contributed by atoms with van der Waals surface area (Å²) in [5, 5.41) is 14.7. The normalized spacial score (nSPS) is 14.6. The summed E-state index contributed by atoms with van der Waals surface area (Å²) < 4.78 is 19.1. The average molecular weight is 344 g/mol. The minimum absolute atomic E-state index is 0.0985. The molecular weight excluding hydrogens is 323 g/mol. The minimum Gasteiger partial charge on any atom is -0.489 e. The highest BCUT2D eigenvalue weighted by Gasteiger charge is 2.42. The number of ether oxygens (including phenoxy) is 1. The molecule has 1 fully saturated rings. The lowest BCUT2D eigenvalue weighted by Crippen LogP contribution is -2.35. The van der Waals surface area contributed by atoms with Crippen LogP contribution in [0.4, 0.5) is 14.9 Å². The summed E-state index contributed by atoms with van der Waals surface area (Å²) in [7, 11) is 0. The molecule has 0 bridgehead atoms. The van der Waals surface area contributed by atoms with Gasteiger partial charge in [0.25, 0.3) is 0 Å². The number of aliphatic hydroxyl groups excluding tert-OH is 1. The van der Waals surface area contributed by atoms with Gasteiger partial charge in [0.2, 0.25) is 0 Å². The van der Waals surface area contributed by atoms with Crippen LogP contribution >= 0.6 is 0 Å². The van der Waals surface area contributed by atoms with E-state index in [4.69, 9.17) is 4.74 Å². The quantitative estimate of drug-likeness (QED) is 0.722. The van der Waals surface area contributed by atoms with Crippen molar-refractivity contribution in [2.45, 2.75) is 19.4 Å². The number of nitrogens with one attached hydrogen (secondary N) is 2. The maximum absolute atomic E-state index is 13.5. The molecule has 0 saturated heterocycles. The van der Waals surface area contributed by atoms with Gasteiger partial charge >= 0.3 is 6.03 Å². The molecule has 0 spiro atoms. The summed E-state index contributed by atoms with van der Waals surface area (Å²) >= 11 is 0. The van der Waals surface area contributed by atoms with E-state index in [1.165, 1.54) is 6.07 Å². The predicted octanol–water partition coefficient (Wildman–Crippen LogP) is 3.30. The van der Waals surface area contributed by atoms with Crippen LogP contribution in [-0.4, -0.2) is 24.3 Å². The van der Waals surface area contributed by atoms with E-state index >= 15 is 0 Å². The molecular formula is C19H21FN2O3. The molecule has 2 aromatic rings. The molecule has 3 rings (SSSR count). The third kappa shape index (κ3) is 4.70. The number of rotatable bonds is 7. The van der Waals surface area contributed by atoms with Crippen molar-refractivity contribution in [3.05, 3.63) is 59.9 Å². The van der Waals surface area contributed by atoms with E-state index in [1.54, 1.807) is 42.5 Å². The molecule has 3 N–H and O–H groups in total. The van der Waals surface area contributed by atoms with E-state index < -0.39 is 0 Å². The first kappa shape index (κ1) is 17.2. The van der Waals surface area contributed by atoms with Crippen molar-refractivity contribution in [2.24, 2.45) is 5.41 Å². The van der Waals surface area contributed by atoms with Gasteiger partial charge in [0, 0.05) is 23.2 Å². The largest absolute Gasteiger partial charge is 0.489 e. The molecule has 0 aromatic heterocycles. The van der Waals surface area contributed by atoms with Crippen LogP contribution in [0, 0.1) is 11.2 Å². The number of aliphatic hydroxyl groups is 1. The number of urea groups is 1. The summed E-state index contributed by atoms with van der Waals surface area (Å²) in [6.45, 7) is 0.712. The molecule has 2 amide bonds. The Morgan fingerprint density at radius 1 is 1.16 bits per heavy atom. The maximum Gasteiger partial charge on any atom is 0.319 e. The highest BCUT2D eigenvalue weighted by atomic mass is 19.1. The van der Waals surface area contributed by atoms with Crippen molar-refractivity contribution in [3.8, 4) is 5.75 Å². The molecule has 2 aromatic carbocycles. The summed E-state index contributed by atoms with van der Waals surface area (Å²) in [4.78, 5) is 11.9. The Morgan fingerprint density at radius 3 is 2.52 bits per heavy atom. The van der Waals surface area contributed by atoms with Crippen LogP contribution in [0.2, 0.25) is 0 Å². The summed E-state index contributed by atoms with van der Waals surface area (Å²) in [6.07, 6.45) is 1.88. The molecule has 0 aliphatic heterocycles. The second-order valence-corrected chi connectivity index (χ2v) is 6.37.